The van der Waals surface area contributed by atoms with E-state index in [9.17, 15) is 4.79 Å². The van der Waals surface area contributed by atoms with E-state index in [0.29, 0.717) is 18.8 Å². The minimum atomic E-state index is -0.283. The van der Waals surface area contributed by atoms with Crippen LogP contribution in [-0.4, -0.2) is 22.2 Å². The number of amides is 2. The molecular weight excluding hydrogens is 394 g/mol. The maximum atomic E-state index is 12.4. The number of thiophene rings is 1. The highest BCUT2D eigenvalue weighted by Gasteiger charge is 2.17. The van der Waals surface area contributed by atoms with Crippen LogP contribution < -0.4 is 10.6 Å². The van der Waals surface area contributed by atoms with E-state index in [1.165, 1.54) is 20.5 Å². The summed E-state index contributed by atoms with van der Waals surface area (Å²) in [6, 6.07) is 14.3. The van der Waals surface area contributed by atoms with Crippen LogP contribution in [0.3, 0.4) is 0 Å². The number of fused-ring (bicyclic) bond motifs is 2. The molecule has 2 aromatic heterocycles. The van der Waals surface area contributed by atoms with Crippen molar-refractivity contribution >= 4 is 39.4 Å². The highest BCUT2D eigenvalue weighted by atomic mass is 32.1. The fourth-order valence-electron chi connectivity index (χ4n) is 3.48. The molecule has 0 bridgehead atoms. The van der Waals surface area contributed by atoms with Gasteiger partial charge in [-0.3, -0.25) is 15.0 Å². The maximum absolute atomic E-state index is 12.4. The molecule has 30 heavy (non-hydrogen) atoms. The molecule has 2 aromatic carbocycles. The summed E-state index contributed by atoms with van der Waals surface area (Å²) < 4.78 is 1.25. The molecule has 3 heterocycles. The van der Waals surface area contributed by atoms with Gasteiger partial charge in [-0.15, -0.1) is 11.3 Å². The summed E-state index contributed by atoms with van der Waals surface area (Å²) >= 11 is 1.75. The van der Waals surface area contributed by atoms with Crippen molar-refractivity contribution in [3.8, 4) is 10.4 Å². The summed E-state index contributed by atoms with van der Waals surface area (Å²) in [7, 11) is 0. The van der Waals surface area contributed by atoms with Gasteiger partial charge in [0.15, 0.2) is 0 Å². The molecule has 0 saturated carbocycles. The van der Waals surface area contributed by atoms with Crippen LogP contribution in [0.15, 0.2) is 59.9 Å². The monoisotopic (exact) mass is 413 g/mol. The fraction of sp³-hybridized carbons (Fsp3) is 0.130. The number of carbonyl (C=O) groups excluding carboxylic acids is 1. The Labute approximate surface area is 177 Å². The summed E-state index contributed by atoms with van der Waals surface area (Å²) in [6.07, 6.45) is 5.23. The van der Waals surface area contributed by atoms with E-state index >= 15 is 0 Å². The van der Waals surface area contributed by atoms with Gasteiger partial charge in [0.05, 0.1) is 30.7 Å². The second-order valence-corrected chi connectivity index (χ2v) is 8.25. The van der Waals surface area contributed by atoms with Crippen molar-refractivity contribution in [3.05, 3.63) is 77.4 Å². The summed E-state index contributed by atoms with van der Waals surface area (Å²) in [5, 5.41) is 7.00. The molecule has 1 aliphatic rings. The number of hydrogen-bond donors (Lipinski definition) is 2. The number of rotatable bonds is 4. The van der Waals surface area contributed by atoms with Crippen LogP contribution in [0, 0.1) is 6.92 Å². The van der Waals surface area contributed by atoms with E-state index in [1.54, 1.807) is 23.7 Å². The predicted octanol–water partition coefficient (Wildman–Crippen LogP) is 4.92. The average molecular weight is 414 g/mol. The molecule has 0 radical (unpaired) electrons. The minimum absolute atomic E-state index is 0.283. The second kappa shape index (κ2) is 7.68. The van der Waals surface area contributed by atoms with Crippen molar-refractivity contribution in [2.45, 2.75) is 20.0 Å². The molecule has 2 amide bonds. The largest absolute Gasteiger partial charge is 0.332 e. The molecule has 4 aromatic rings. The van der Waals surface area contributed by atoms with Crippen molar-refractivity contribution in [3.63, 3.8) is 0 Å². The summed E-state index contributed by atoms with van der Waals surface area (Å²) in [4.78, 5) is 26.5. The topological polar surface area (TPSA) is 79.3 Å². The van der Waals surface area contributed by atoms with Crippen LogP contribution in [-0.2, 0) is 13.1 Å². The number of aryl methyl sites for hydroxylation is 1. The molecule has 2 N–H and O–H groups in total. The van der Waals surface area contributed by atoms with Crippen LogP contribution in [0.2, 0.25) is 0 Å². The molecule has 5 rings (SSSR count). The van der Waals surface area contributed by atoms with Gasteiger partial charge in [0.2, 0.25) is 0 Å². The average Bonchev–Trinajstić information content (AvgIpc) is 3.39. The number of aromatic nitrogens is 2. The molecule has 0 unspecified atom stereocenters. The number of nitrogens with one attached hydrogen (secondary N) is 2. The molecule has 0 saturated heterocycles. The molecule has 0 spiro atoms. The Morgan fingerprint density at radius 1 is 1.13 bits per heavy atom. The van der Waals surface area contributed by atoms with E-state index in [0.717, 1.165) is 22.5 Å². The molecule has 0 aliphatic carbocycles. The third-order valence-electron chi connectivity index (χ3n) is 4.98. The third-order valence-corrected chi connectivity index (χ3v) is 6.13. The lowest BCUT2D eigenvalue weighted by atomic mass is 10.0. The van der Waals surface area contributed by atoms with Gasteiger partial charge in [0.1, 0.15) is 0 Å². The normalized spacial score (nSPS) is 12.2. The van der Waals surface area contributed by atoms with Gasteiger partial charge in [0.25, 0.3) is 0 Å². The maximum Gasteiger partial charge on any atom is 0.319 e. The molecule has 0 fully saturated rings. The van der Waals surface area contributed by atoms with E-state index in [-0.39, 0.29) is 6.03 Å². The van der Waals surface area contributed by atoms with Gasteiger partial charge in [-0.25, -0.2) is 4.79 Å². The van der Waals surface area contributed by atoms with Crippen molar-refractivity contribution in [1.82, 2.24) is 15.3 Å². The smallest absolute Gasteiger partial charge is 0.319 e. The first kappa shape index (κ1) is 18.4. The van der Waals surface area contributed by atoms with Crippen LogP contribution in [0.4, 0.5) is 10.5 Å². The van der Waals surface area contributed by atoms with Crippen molar-refractivity contribution in [2.75, 3.05) is 5.32 Å². The Kier molecular flexibility index (Phi) is 4.72. The Morgan fingerprint density at radius 2 is 2.03 bits per heavy atom. The zero-order chi connectivity index (χ0) is 20.5. The first-order valence-corrected chi connectivity index (χ1v) is 10.5. The van der Waals surface area contributed by atoms with E-state index in [4.69, 9.17) is 0 Å². The standard InChI is InChI=1S/C23H19N5OS/c1-14-9-26-18(11-25-14)12-27-23(29)28-17-6-16-10-24-13-20(16)19(8-17)22-7-15-4-2-3-5-21(15)30-22/h2-11H,12-13H2,1H3,(H2,27,28,29). The lowest BCUT2D eigenvalue weighted by Gasteiger charge is -2.12. The van der Waals surface area contributed by atoms with Gasteiger partial charge in [-0.2, -0.15) is 0 Å². The Hall–Kier alpha value is -3.58. The first-order valence-electron chi connectivity index (χ1n) is 9.64. The lowest BCUT2D eigenvalue weighted by Crippen LogP contribution is -2.28. The minimum Gasteiger partial charge on any atom is -0.332 e. The second-order valence-electron chi connectivity index (χ2n) is 7.17. The predicted molar refractivity (Wildman–Crippen MR) is 121 cm³/mol. The van der Waals surface area contributed by atoms with E-state index in [2.05, 4.69) is 49.9 Å². The molecule has 7 heteroatoms. The summed E-state index contributed by atoms with van der Waals surface area (Å²) in [5.74, 6) is 0. The van der Waals surface area contributed by atoms with Crippen LogP contribution >= 0.6 is 11.3 Å². The Bertz CT molecular complexity index is 1240. The third kappa shape index (κ3) is 3.67. The summed E-state index contributed by atoms with van der Waals surface area (Å²) in [5.41, 5.74) is 5.65. The number of urea groups is 1. The van der Waals surface area contributed by atoms with E-state index in [1.807, 2.05) is 31.3 Å². The zero-order valence-electron chi connectivity index (χ0n) is 16.3. The zero-order valence-corrected chi connectivity index (χ0v) is 17.2. The van der Waals surface area contributed by atoms with E-state index < -0.39 is 0 Å². The quantitative estimate of drug-likeness (QED) is 0.498. The lowest BCUT2D eigenvalue weighted by molar-refractivity contribution is 0.251. The van der Waals surface area contributed by atoms with Gasteiger partial charge in [0, 0.05) is 33.2 Å². The number of carbonyl (C=O) groups is 1. The van der Waals surface area contributed by atoms with Crippen LogP contribution in [0.1, 0.15) is 22.5 Å². The highest BCUT2D eigenvalue weighted by molar-refractivity contribution is 7.22. The first-order chi connectivity index (χ1) is 14.7. The fourth-order valence-corrected chi connectivity index (χ4v) is 4.59. The SMILES string of the molecule is Cc1cnc(CNC(=O)Nc2cc3c(c(-c4cc5ccccc5s4)c2)CN=C3)cn1. The number of aliphatic imine (C=N–C) groups is 1. The van der Waals surface area contributed by atoms with Crippen molar-refractivity contribution in [2.24, 2.45) is 4.99 Å². The Morgan fingerprint density at radius 3 is 2.87 bits per heavy atom. The van der Waals surface area contributed by atoms with Crippen molar-refractivity contribution in [1.29, 1.82) is 0 Å². The molecule has 6 nitrogen and oxygen atoms in total. The highest BCUT2D eigenvalue weighted by Crippen LogP contribution is 2.38. The molecular formula is C23H19N5OS. The molecule has 148 valence electrons. The Balaban J connectivity index is 1.39. The van der Waals surface area contributed by atoms with Crippen molar-refractivity contribution < 1.29 is 4.79 Å². The van der Waals surface area contributed by atoms with Gasteiger partial charge in [-0.1, -0.05) is 18.2 Å². The van der Waals surface area contributed by atoms with Crippen LogP contribution in [0.5, 0.6) is 0 Å². The number of hydrogen-bond acceptors (Lipinski definition) is 5. The number of nitrogens with zero attached hydrogens (tertiary/aromatic N) is 3. The van der Waals surface area contributed by atoms with Crippen LogP contribution in [0.25, 0.3) is 20.5 Å². The van der Waals surface area contributed by atoms with Gasteiger partial charge in [-0.05, 0) is 47.7 Å². The molecule has 1 aliphatic heterocycles. The number of benzene rings is 2. The van der Waals surface area contributed by atoms with Gasteiger partial charge >= 0.3 is 6.03 Å². The number of anilines is 1. The summed E-state index contributed by atoms with van der Waals surface area (Å²) in [6.45, 7) is 2.86. The van der Waals surface area contributed by atoms with Gasteiger partial charge < -0.3 is 10.6 Å². The molecule has 0 atom stereocenters.